The molecule has 0 unspecified atom stereocenters. The van der Waals surface area contributed by atoms with Gasteiger partial charge < -0.3 is 15.8 Å². The number of aryl methyl sites for hydroxylation is 1. The zero-order valence-electron chi connectivity index (χ0n) is 15.2. The molecule has 0 atom stereocenters. The van der Waals surface area contributed by atoms with E-state index >= 15 is 0 Å². The average molecular weight is 434 g/mol. The largest absolute Gasteiger partial charge is 0.482 e. The maximum absolute atomic E-state index is 12.0. The highest BCUT2D eigenvalue weighted by Crippen LogP contribution is 2.27. The van der Waals surface area contributed by atoms with E-state index in [-0.39, 0.29) is 18.1 Å². The maximum atomic E-state index is 12.0. The third-order valence-electron chi connectivity index (χ3n) is 3.62. The summed E-state index contributed by atoms with van der Waals surface area (Å²) in [7, 11) is 0. The van der Waals surface area contributed by atoms with Gasteiger partial charge in [0.2, 0.25) is 0 Å². The summed E-state index contributed by atoms with van der Waals surface area (Å²) in [5, 5.41) is 3.78. The van der Waals surface area contributed by atoms with Crippen molar-refractivity contribution in [3.63, 3.8) is 0 Å². The Bertz CT molecular complexity index is 1030. The third-order valence-corrected chi connectivity index (χ3v) is 4.15. The Balaban J connectivity index is 1.58. The Morgan fingerprint density at radius 2 is 1.93 bits per heavy atom. The highest BCUT2D eigenvalue weighted by atomic mass is 35.5. The van der Waals surface area contributed by atoms with E-state index in [2.05, 4.69) is 31.1 Å². The van der Waals surface area contributed by atoms with E-state index in [4.69, 9.17) is 33.7 Å². The molecular weight excluding hydrogens is 417 g/mol. The van der Waals surface area contributed by atoms with Crippen molar-refractivity contribution in [2.45, 2.75) is 6.92 Å². The van der Waals surface area contributed by atoms with Crippen LogP contribution in [0.3, 0.4) is 0 Å². The van der Waals surface area contributed by atoms with Gasteiger partial charge in [-0.1, -0.05) is 23.2 Å². The number of benzene rings is 1. The zero-order chi connectivity index (χ0) is 20.8. The fraction of sp³-hybridized carbons (Fsp3) is 0.111. The van der Waals surface area contributed by atoms with E-state index in [0.717, 1.165) is 5.56 Å². The van der Waals surface area contributed by atoms with Gasteiger partial charge in [0.05, 0.1) is 5.02 Å². The average Bonchev–Trinajstić information content (AvgIpc) is 2.68. The number of halogens is 2. The summed E-state index contributed by atoms with van der Waals surface area (Å²) in [5.74, 6) is 1.01. The van der Waals surface area contributed by atoms with Crippen LogP contribution in [0.2, 0.25) is 10.0 Å². The summed E-state index contributed by atoms with van der Waals surface area (Å²) in [6.45, 7) is 1.66. The van der Waals surface area contributed by atoms with Crippen molar-refractivity contribution in [3.8, 4) is 5.75 Å². The van der Waals surface area contributed by atoms with Crippen molar-refractivity contribution in [1.82, 2.24) is 20.4 Å². The number of nitrogen functional groups attached to an aromatic ring is 1. The molecule has 29 heavy (non-hydrogen) atoms. The molecule has 2 heterocycles. The minimum Gasteiger partial charge on any atom is -0.482 e. The van der Waals surface area contributed by atoms with Crippen LogP contribution in [0.5, 0.6) is 5.75 Å². The zero-order valence-corrected chi connectivity index (χ0v) is 16.8. The van der Waals surface area contributed by atoms with E-state index in [1.807, 2.05) is 19.1 Å². The standard InChI is InChI=1S/C18H17Cl2N7O2/c1-10-4-5-22-14(6-10)25-17-16(21)18(24-9-23-17)27-26-15(28)8-29-13-3-2-11(19)7-12(13)20/h2-7,9H,8,21H2,1H3,(H,26,28)(H2,22,23,24,25,27). The molecule has 9 nitrogen and oxygen atoms in total. The second-order valence-corrected chi connectivity index (χ2v) is 6.71. The van der Waals surface area contributed by atoms with Crippen LogP contribution in [0.4, 0.5) is 23.1 Å². The summed E-state index contributed by atoms with van der Waals surface area (Å²) in [5.41, 5.74) is 12.4. The molecule has 0 spiro atoms. The van der Waals surface area contributed by atoms with Crippen molar-refractivity contribution in [2.24, 2.45) is 0 Å². The van der Waals surface area contributed by atoms with Gasteiger partial charge in [0, 0.05) is 11.2 Å². The molecule has 5 N–H and O–H groups in total. The monoisotopic (exact) mass is 433 g/mol. The number of hydrogen-bond donors (Lipinski definition) is 4. The van der Waals surface area contributed by atoms with E-state index in [9.17, 15) is 4.79 Å². The first kappa shape index (κ1) is 20.4. The minimum absolute atomic E-state index is 0.206. The normalized spacial score (nSPS) is 10.3. The van der Waals surface area contributed by atoms with Crippen LogP contribution in [-0.4, -0.2) is 27.5 Å². The lowest BCUT2D eigenvalue weighted by molar-refractivity contribution is -0.122. The molecule has 11 heteroatoms. The molecule has 2 aromatic heterocycles. The highest BCUT2D eigenvalue weighted by Gasteiger charge is 2.11. The number of carbonyl (C=O) groups is 1. The SMILES string of the molecule is Cc1ccnc(Nc2ncnc(NNC(=O)COc3ccc(Cl)cc3Cl)c2N)c1. The molecule has 0 saturated heterocycles. The fourth-order valence-corrected chi connectivity index (χ4v) is 2.68. The van der Waals surface area contributed by atoms with Crippen LogP contribution >= 0.6 is 23.2 Å². The smallest absolute Gasteiger partial charge is 0.276 e. The molecular formula is C18H17Cl2N7O2. The summed E-state index contributed by atoms with van der Waals surface area (Å²) in [4.78, 5) is 24.3. The molecule has 0 saturated carbocycles. The molecule has 0 bridgehead atoms. The predicted molar refractivity (Wildman–Crippen MR) is 112 cm³/mol. The van der Waals surface area contributed by atoms with Crippen LogP contribution in [0.25, 0.3) is 0 Å². The number of nitrogens with two attached hydrogens (primary N) is 1. The van der Waals surface area contributed by atoms with Gasteiger partial charge in [0.25, 0.3) is 5.91 Å². The van der Waals surface area contributed by atoms with Crippen LogP contribution in [0.15, 0.2) is 42.9 Å². The van der Waals surface area contributed by atoms with Crippen molar-refractivity contribution in [1.29, 1.82) is 0 Å². The van der Waals surface area contributed by atoms with E-state index in [1.54, 1.807) is 18.3 Å². The van der Waals surface area contributed by atoms with Gasteiger partial charge in [0.1, 0.15) is 23.6 Å². The van der Waals surface area contributed by atoms with Crippen molar-refractivity contribution < 1.29 is 9.53 Å². The number of carbonyl (C=O) groups excluding carboxylic acids is 1. The van der Waals surface area contributed by atoms with Gasteiger partial charge in [-0.05, 0) is 42.8 Å². The molecule has 3 rings (SSSR count). The number of pyridine rings is 1. The quantitative estimate of drug-likeness (QED) is 0.417. The van der Waals surface area contributed by atoms with Crippen LogP contribution in [-0.2, 0) is 4.79 Å². The second kappa shape index (κ2) is 9.26. The van der Waals surface area contributed by atoms with E-state index < -0.39 is 5.91 Å². The van der Waals surface area contributed by atoms with Gasteiger partial charge in [-0.25, -0.2) is 15.0 Å². The Kier molecular flexibility index (Phi) is 6.53. The van der Waals surface area contributed by atoms with Crippen LogP contribution in [0.1, 0.15) is 5.56 Å². The topological polar surface area (TPSA) is 127 Å². The molecule has 1 amide bonds. The number of amides is 1. The third kappa shape index (κ3) is 5.59. The summed E-state index contributed by atoms with van der Waals surface area (Å²) in [6, 6.07) is 8.42. The first-order valence-electron chi connectivity index (χ1n) is 8.35. The van der Waals surface area contributed by atoms with E-state index in [1.165, 1.54) is 12.4 Å². The van der Waals surface area contributed by atoms with E-state index in [0.29, 0.717) is 27.4 Å². The van der Waals surface area contributed by atoms with Crippen molar-refractivity contribution >= 4 is 52.3 Å². The number of nitrogens with zero attached hydrogens (tertiary/aromatic N) is 3. The number of aromatic nitrogens is 3. The Morgan fingerprint density at radius 1 is 1.14 bits per heavy atom. The van der Waals surface area contributed by atoms with Crippen LogP contribution < -0.4 is 26.6 Å². The first-order chi connectivity index (χ1) is 13.9. The molecule has 0 radical (unpaired) electrons. The highest BCUT2D eigenvalue weighted by molar-refractivity contribution is 6.35. The lowest BCUT2D eigenvalue weighted by Gasteiger charge is -2.13. The lowest BCUT2D eigenvalue weighted by atomic mass is 10.3. The molecule has 1 aromatic carbocycles. The number of ether oxygens (including phenoxy) is 1. The predicted octanol–water partition coefficient (Wildman–Crippen LogP) is 3.33. The summed E-state index contributed by atoms with van der Waals surface area (Å²) in [6.07, 6.45) is 2.97. The molecule has 3 aromatic rings. The van der Waals surface area contributed by atoms with Gasteiger partial charge in [0.15, 0.2) is 18.2 Å². The second-order valence-electron chi connectivity index (χ2n) is 5.86. The molecule has 0 fully saturated rings. The van der Waals surface area contributed by atoms with Crippen molar-refractivity contribution in [2.75, 3.05) is 23.1 Å². The Hall–Kier alpha value is -3.30. The summed E-state index contributed by atoms with van der Waals surface area (Å²) < 4.78 is 5.36. The van der Waals surface area contributed by atoms with Gasteiger partial charge in [-0.3, -0.25) is 15.6 Å². The van der Waals surface area contributed by atoms with Crippen LogP contribution in [0, 0.1) is 6.92 Å². The Labute approximate surface area is 176 Å². The van der Waals surface area contributed by atoms with Gasteiger partial charge in [-0.2, -0.15) is 0 Å². The fourth-order valence-electron chi connectivity index (χ4n) is 2.22. The molecule has 0 aliphatic carbocycles. The lowest BCUT2D eigenvalue weighted by Crippen LogP contribution is -2.34. The summed E-state index contributed by atoms with van der Waals surface area (Å²) >= 11 is 11.8. The minimum atomic E-state index is -0.469. The molecule has 0 aliphatic rings. The number of anilines is 4. The number of hydrazine groups is 1. The first-order valence-corrected chi connectivity index (χ1v) is 9.11. The maximum Gasteiger partial charge on any atom is 0.276 e. The molecule has 150 valence electrons. The van der Waals surface area contributed by atoms with Gasteiger partial charge in [-0.15, -0.1) is 0 Å². The van der Waals surface area contributed by atoms with Gasteiger partial charge >= 0.3 is 0 Å². The Morgan fingerprint density at radius 3 is 2.69 bits per heavy atom. The van der Waals surface area contributed by atoms with Crippen molar-refractivity contribution in [3.05, 3.63) is 58.5 Å². The number of nitrogens with one attached hydrogen (secondary N) is 3. The number of hydrogen-bond acceptors (Lipinski definition) is 8. The molecule has 0 aliphatic heterocycles. The number of rotatable bonds is 7.